The van der Waals surface area contributed by atoms with Gasteiger partial charge >= 0.3 is 0 Å². The summed E-state index contributed by atoms with van der Waals surface area (Å²) >= 11 is 0. The van der Waals surface area contributed by atoms with Gasteiger partial charge in [-0.1, -0.05) is 31.2 Å². The predicted octanol–water partition coefficient (Wildman–Crippen LogP) is 3.56. The lowest BCUT2D eigenvalue weighted by atomic mass is 10.0. The van der Waals surface area contributed by atoms with Crippen LogP contribution in [-0.4, -0.2) is 11.5 Å². The zero-order valence-corrected chi connectivity index (χ0v) is 11.1. The summed E-state index contributed by atoms with van der Waals surface area (Å²) in [7, 11) is 0. The molecule has 1 aromatic carbocycles. The molecule has 0 saturated carbocycles. The summed E-state index contributed by atoms with van der Waals surface area (Å²) in [6.07, 6.45) is 4.94. The van der Waals surface area contributed by atoms with Crippen molar-refractivity contribution >= 4 is 0 Å². The van der Waals surface area contributed by atoms with Crippen LogP contribution in [0.3, 0.4) is 0 Å². The highest BCUT2D eigenvalue weighted by Gasteiger charge is 2.01. The lowest BCUT2D eigenvalue weighted by molar-refractivity contribution is 0.675. The van der Waals surface area contributed by atoms with Gasteiger partial charge in [-0.25, -0.2) is 0 Å². The maximum Gasteiger partial charge on any atom is 0.0349 e. The van der Waals surface area contributed by atoms with Crippen LogP contribution in [0.5, 0.6) is 0 Å². The molecule has 18 heavy (non-hydrogen) atoms. The van der Waals surface area contributed by atoms with E-state index in [0.717, 1.165) is 13.1 Å². The number of rotatable bonds is 5. The first-order chi connectivity index (χ1) is 8.81. The number of nitrogens with zero attached hydrogens (tertiary/aromatic N) is 1. The Balaban J connectivity index is 2.10. The van der Waals surface area contributed by atoms with E-state index in [1.807, 2.05) is 18.5 Å². The Labute approximate surface area is 109 Å². The molecule has 1 heterocycles. The van der Waals surface area contributed by atoms with Gasteiger partial charge in [0.1, 0.15) is 0 Å². The zero-order valence-electron chi connectivity index (χ0n) is 11.1. The maximum atomic E-state index is 4.19. The Morgan fingerprint density at radius 3 is 2.56 bits per heavy atom. The maximum absolute atomic E-state index is 4.19. The molecule has 0 spiro atoms. The first kappa shape index (κ1) is 12.8. The quantitative estimate of drug-likeness (QED) is 0.808. The molecule has 1 aromatic heterocycles. The van der Waals surface area contributed by atoms with Crippen molar-refractivity contribution in [3.63, 3.8) is 0 Å². The predicted molar refractivity (Wildman–Crippen MR) is 76.4 cm³/mol. The molecule has 0 radical (unpaired) electrons. The fraction of sp³-hybridized carbons (Fsp3) is 0.312. The van der Waals surface area contributed by atoms with Crippen molar-refractivity contribution in [1.82, 2.24) is 10.3 Å². The number of hydrogen-bond donors (Lipinski definition) is 1. The third-order valence-corrected chi connectivity index (χ3v) is 3.06. The molecule has 1 N–H and O–H groups in total. The van der Waals surface area contributed by atoms with Crippen LogP contribution in [0.25, 0.3) is 11.1 Å². The molecule has 94 valence electrons. The average Bonchev–Trinajstić information content (AvgIpc) is 2.41. The van der Waals surface area contributed by atoms with Gasteiger partial charge in [0.25, 0.3) is 0 Å². The topological polar surface area (TPSA) is 24.9 Å². The second-order valence-electron chi connectivity index (χ2n) is 4.56. The van der Waals surface area contributed by atoms with Crippen molar-refractivity contribution in [1.29, 1.82) is 0 Å². The van der Waals surface area contributed by atoms with Crippen molar-refractivity contribution in [2.75, 3.05) is 6.54 Å². The minimum atomic E-state index is 0.945. The second-order valence-corrected chi connectivity index (χ2v) is 4.56. The molecule has 0 aliphatic carbocycles. The summed E-state index contributed by atoms with van der Waals surface area (Å²) in [5.41, 5.74) is 5.04. The van der Waals surface area contributed by atoms with Crippen molar-refractivity contribution in [3.8, 4) is 11.1 Å². The largest absolute Gasteiger partial charge is 0.313 e. The van der Waals surface area contributed by atoms with Crippen LogP contribution >= 0.6 is 0 Å². The normalized spacial score (nSPS) is 10.6. The Kier molecular flexibility index (Phi) is 4.48. The summed E-state index contributed by atoms with van der Waals surface area (Å²) in [6.45, 7) is 6.32. The molecular weight excluding hydrogens is 220 g/mol. The third-order valence-electron chi connectivity index (χ3n) is 3.06. The zero-order chi connectivity index (χ0) is 12.8. The molecule has 2 nitrogen and oxygen atoms in total. The Morgan fingerprint density at radius 1 is 1.11 bits per heavy atom. The van der Waals surface area contributed by atoms with E-state index in [9.17, 15) is 0 Å². The number of benzene rings is 1. The molecule has 0 bridgehead atoms. The molecular formula is C16H20N2. The van der Waals surface area contributed by atoms with Crippen molar-refractivity contribution in [2.45, 2.75) is 26.8 Å². The monoisotopic (exact) mass is 240 g/mol. The molecule has 0 unspecified atom stereocenters. The molecule has 2 rings (SSSR count). The molecule has 0 atom stereocenters. The Morgan fingerprint density at radius 2 is 1.89 bits per heavy atom. The summed E-state index contributed by atoms with van der Waals surface area (Å²) in [5.74, 6) is 0. The SMILES string of the molecule is CCCNCc1ccc(-c2cnccc2C)cc1. The van der Waals surface area contributed by atoms with Crippen LogP contribution in [0.2, 0.25) is 0 Å². The summed E-state index contributed by atoms with van der Waals surface area (Å²) in [4.78, 5) is 4.19. The molecule has 2 heteroatoms. The van der Waals surface area contributed by atoms with Crippen molar-refractivity contribution in [2.24, 2.45) is 0 Å². The minimum absolute atomic E-state index is 0.945. The standard InChI is InChI=1S/C16H20N2/c1-3-9-17-11-14-4-6-15(7-5-14)16-12-18-10-8-13(16)2/h4-8,10,12,17H,3,9,11H2,1-2H3. The van der Waals surface area contributed by atoms with Crippen molar-refractivity contribution < 1.29 is 0 Å². The van der Waals surface area contributed by atoms with Gasteiger partial charge in [0, 0.05) is 24.5 Å². The average molecular weight is 240 g/mol. The van der Waals surface area contributed by atoms with Gasteiger partial charge in [-0.05, 0) is 42.6 Å². The number of pyridine rings is 1. The van der Waals surface area contributed by atoms with Gasteiger partial charge in [0.05, 0.1) is 0 Å². The van der Waals surface area contributed by atoms with Crippen LogP contribution in [0.1, 0.15) is 24.5 Å². The van der Waals surface area contributed by atoms with Crippen LogP contribution < -0.4 is 5.32 Å². The van der Waals surface area contributed by atoms with E-state index in [1.54, 1.807) is 0 Å². The molecule has 0 saturated heterocycles. The molecule has 0 amide bonds. The van der Waals surface area contributed by atoms with Gasteiger partial charge in [0.2, 0.25) is 0 Å². The fourth-order valence-electron chi connectivity index (χ4n) is 1.98. The smallest absolute Gasteiger partial charge is 0.0349 e. The first-order valence-electron chi connectivity index (χ1n) is 6.52. The number of aromatic nitrogens is 1. The lowest BCUT2D eigenvalue weighted by Crippen LogP contribution is -2.13. The highest BCUT2D eigenvalue weighted by atomic mass is 14.8. The first-order valence-corrected chi connectivity index (χ1v) is 6.52. The Bertz CT molecular complexity index is 489. The van der Waals surface area contributed by atoms with Gasteiger partial charge in [0.15, 0.2) is 0 Å². The van der Waals surface area contributed by atoms with Crippen molar-refractivity contribution in [3.05, 3.63) is 53.9 Å². The van der Waals surface area contributed by atoms with E-state index in [1.165, 1.54) is 28.7 Å². The highest BCUT2D eigenvalue weighted by Crippen LogP contribution is 2.22. The van der Waals surface area contributed by atoms with E-state index >= 15 is 0 Å². The molecule has 2 aromatic rings. The van der Waals surface area contributed by atoms with E-state index in [0.29, 0.717) is 0 Å². The number of aryl methyl sites for hydroxylation is 1. The van der Waals surface area contributed by atoms with E-state index in [4.69, 9.17) is 0 Å². The number of hydrogen-bond acceptors (Lipinski definition) is 2. The fourth-order valence-corrected chi connectivity index (χ4v) is 1.98. The summed E-state index contributed by atoms with van der Waals surface area (Å²) in [5, 5.41) is 3.41. The minimum Gasteiger partial charge on any atom is -0.313 e. The molecule has 0 fully saturated rings. The van der Waals surface area contributed by atoms with Crippen LogP contribution in [0.15, 0.2) is 42.7 Å². The molecule has 0 aliphatic heterocycles. The van der Waals surface area contributed by atoms with Gasteiger partial charge < -0.3 is 5.32 Å². The third kappa shape index (κ3) is 3.17. The second kappa shape index (κ2) is 6.31. The van der Waals surface area contributed by atoms with E-state index in [2.05, 4.69) is 48.4 Å². The van der Waals surface area contributed by atoms with Gasteiger partial charge in [-0.15, -0.1) is 0 Å². The van der Waals surface area contributed by atoms with Crippen LogP contribution in [0.4, 0.5) is 0 Å². The van der Waals surface area contributed by atoms with Crippen LogP contribution in [-0.2, 0) is 6.54 Å². The van der Waals surface area contributed by atoms with E-state index < -0.39 is 0 Å². The van der Waals surface area contributed by atoms with Gasteiger partial charge in [-0.2, -0.15) is 0 Å². The lowest BCUT2D eigenvalue weighted by Gasteiger charge is -2.07. The summed E-state index contributed by atoms with van der Waals surface area (Å²) in [6, 6.07) is 10.8. The van der Waals surface area contributed by atoms with Crippen LogP contribution in [0, 0.1) is 6.92 Å². The Hall–Kier alpha value is -1.67. The van der Waals surface area contributed by atoms with E-state index in [-0.39, 0.29) is 0 Å². The summed E-state index contributed by atoms with van der Waals surface area (Å²) < 4.78 is 0. The van der Waals surface area contributed by atoms with Gasteiger partial charge in [-0.3, -0.25) is 4.98 Å². The number of nitrogens with one attached hydrogen (secondary N) is 1. The molecule has 0 aliphatic rings. The highest BCUT2D eigenvalue weighted by molar-refractivity contribution is 5.66.